The number of hydrogen-bond donors (Lipinski definition) is 2. The number of carbonyl (C=O) groups excluding carboxylic acids is 5. The summed E-state index contributed by atoms with van der Waals surface area (Å²) in [6, 6.07) is 13.0. The molecule has 0 spiro atoms. The molecule has 3 saturated heterocycles. The number of unbranched alkanes of at least 4 members (excludes halogenated alkanes) is 5. The van der Waals surface area contributed by atoms with Crippen LogP contribution in [0.5, 0.6) is 0 Å². The summed E-state index contributed by atoms with van der Waals surface area (Å²) in [4.78, 5) is 86.5. The molecule has 3 fully saturated rings. The highest BCUT2D eigenvalue weighted by Gasteiger charge is 2.43. The van der Waals surface area contributed by atoms with E-state index in [4.69, 9.17) is 15.8 Å². The number of nitrogens with one attached hydrogen (secondary N) is 1. The summed E-state index contributed by atoms with van der Waals surface area (Å²) in [6.07, 6.45) is 15.2. The van der Waals surface area contributed by atoms with Crippen LogP contribution < -0.4 is 16.0 Å². The molecule has 2 aromatic carbocycles. The number of aromatic nitrogens is 3. The standard InChI is InChI=1S/C61H81FN10O5S/c1-39-19-21-43(22-20-39)57(75)51-38-78-59(66-51)53-18-14-29-71(53)61(77)48(35-55(74)40(2)64-4)42-25-31-69(32-26-42)27-11-9-7-6-8-10-15-46(73)16-12-30-72-41(3)56-44-33-54(58(63)65-36-44)70-28-13-17-52(70)49-34-45(62)23-24-47(49)60(76)68(5)37-50(56)67-72/h19-24,33-34,36,40,42,48,51-53,64H,6-18,25-32,35,37-38H2,1-5H3,(H2,63,65)/t40-,48-,51?,52-,53-/m1/s1. The number of rotatable bonds is 22. The average molecular weight is 1090 g/mol. The Bertz CT molecular complexity index is 2850. The molecular weight excluding hydrogens is 1000 g/mol. The first-order valence-corrected chi connectivity index (χ1v) is 29.9. The number of hydrogen-bond acceptors (Lipinski definition) is 13. The van der Waals surface area contributed by atoms with Crippen molar-refractivity contribution in [1.82, 2.24) is 34.8 Å². The van der Waals surface area contributed by atoms with Gasteiger partial charge in [0.25, 0.3) is 5.91 Å². The van der Waals surface area contributed by atoms with Crippen LogP contribution in [0.3, 0.4) is 0 Å². The van der Waals surface area contributed by atoms with E-state index in [0.29, 0.717) is 67.2 Å². The maximum atomic E-state index is 14.7. The molecule has 5 atom stereocenters. The monoisotopic (exact) mass is 1080 g/mol. The molecule has 9 rings (SSSR count). The van der Waals surface area contributed by atoms with E-state index < -0.39 is 6.04 Å². The van der Waals surface area contributed by atoms with Crippen LogP contribution in [0.15, 0.2) is 59.7 Å². The number of nitrogen functional groups attached to an aromatic ring is 1. The van der Waals surface area contributed by atoms with E-state index in [1.807, 2.05) is 54.6 Å². The Labute approximate surface area is 464 Å². The van der Waals surface area contributed by atoms with E-state index in [2.05, 4.69) is 26.2 Å². The summed E-state index contributed by atoms with van der Waals surface area (Å²) in [6.45, 7) is 10.9. The van der Waals surface area contributed by atoms with Gasteiger partial charge in [0.15, 0.2) is 5.78 Å². The van der Waals surface area contributed by atoms with E-state index >= 15 is 0 Å². The Kier molecular flexibility index (Phi) is 19.0. The lowest BCUT2D eigenvalue weighted by molar-refractivity contribution is -0.140. The van der Waals surface area contributed by atoms with Gasteiger partial charge in [-0.1, -0.05) is 55.5 Å². The fraction of sp³-hybridized carbons (Fsp3) is 0.574. The van der Waals surface area contributed by atoms with Crippen LogP contribution in [0, 0.1) is 31.5 Å². The molecule has 2 amide bonds. The van der Waals surface area contributed by atoms with E-state index in [-0.39, 0.29) is 77.9 Å². The van der Waals surface area contributed by atoms with Crippen LogP contribution in [0.25, 0.3) is 11.1 Å². The molecule has 2 bridgehead atoms. The third kappa shape index (κ3) is 13.1. The summed E-state index contributed by atoms with van der Waals surface area (Å²) in [5.74, 6) is 0.590. The van der Waals surface area contributed by atoms with Crippen molar-refractivity contribution >= 4 is 57.5 Å². The van der Waals surface area contributed by atoms with Gasteiger partial charge >= 0.3 is 0 Å². The first-order valence-electron chi connectivity index (χ1n) is 28.9. The number of nitrogens with zero attached hydrogens (tertiary/aromatic N) is 8. The molecule has 78 heavy (non-hydrogen) atoms. The normalized spacial score (nSPS) is 20.6. The van der Waals surface area contributed by atoms with Crippen molar-refractivity contribution < 1.29 is 28.4 Å². The lowest BCUT2D eigenvalue weighted by atomic mass is 9.79. The number of halogens is 1. The lowest BCUT2D eigenvalue weighted by Gasteiger charge is -2.38. The maximum absolute atomic E-state index is 14.7. The Balaban J connectivity index is 0.702. The van der Waals surface area contributed by atoms with Gasteiger partial charge in [0, 0.05) is 91.8 Å². The maximum Gasteiger partial charge on any atom is 0.254 e. The molecule has 17 heteroatoms. The largest absolute Gasteiger partial charge is 0.382 e. The minimum absolute atomic E-state index is 0.0234. The van der Waals surface area contributed by atoms with Gasteiger partial charge in [-0.3, -0.25) is 33.6 Å². The van der Waals surface area contributed by atoms with E-state index in [0.717, 1.165) is 135 Å². The molecular formula is C61H81FN10O5S. The number of piperidine rings is 1. The fourth-order valence-electron chi connectivity index (χ4n) is 12.7. The van der Waals surface area contributed by atoms with Gasteiger partial charge in [0.2, 0.25) is 5.91 Å². The number of Topliss-reactive ketones (excluding diaryl/α,β-unsaturated/α-hetero) is 3. The Morgan fingerprint density at radius 2 is 1.58 bits per heavy atom. The molecule has 2 aromatic heterocycles. The van der Waals surface area contributed by atoms with Crippen molar-refractivity contribution in [2.24, 2.45) is 16.8 Å². The third-order valence-corrected chi connectivity index (χ3v) is 18.5. The molecule has 4 aromatic rings. The highest BCUT2D eigenvalue weighted by molar-refractivity contribution is 8.14. The number of aliphatic imine (C=N–C) groups is 1. The van der Waals surface area contributed by atoms with Crippen LogP contribution >= 0.6 is 11.8 Å². The number of benzene rings is 2. The summed E-state index contributed by atoms with van der Waals surface area (Å²) < 4.78 is 16.7. The van der Waals surface area contributed by atoms with E-state index in [1.165, 1.54) is 12.1 Å². The molecule has 5 aliphatic heterocycles. The van der Waals surface area contributed by atoms with Crippen molar-refractivity contribution in [1.29, 1.82) is 0 Å². The van der Waals surface area contributed by atoms with Gasteiger partial charge in [-0.2, -0.15) is 5.10 Å². The molecule has 0 radical (unpaired) electrons. The van der Waals surface area contributed by atoms with Gasteiger partial charge < -0.3 is 30.7 Å². The molecule has 418 valence electrons. The fourth-order valence-corrected chi connectivity index (χ4v) is 13.8. The van der Waals surface area contributed by atoms with Crippen LogP contribution in [-0.4, -0.2) is 134 Å². The highest BCUT2D eigenvalue weighted by atomic mass is 32.2. The summed E-state index contributed by atoms with van der Waals surface area (Å²) in [5, 5.41) is 8.99. The van der Waals surface area contributed by atoms with E-state index in [1.54, 1.807) is 43.0 Å². The van der Waals surface area contributed by atoms with Crippen molar-refractivity contribution in [3.63, 3.8) is 0 Å². The molecule has 15 nitrogen and oxygen atoms in total. The molecule has 0 aliphatic carbocycles. The zero-order valence-corrected chi connectivity index (χ0v) is 47.4. The third-order valence-electron chi connectivity index (χ3n) is 17.4. The SMILES string of the molecule is CN[C@H](C)C(=O)C[C@@H](C(=O)N1CCC[C@@H]1C1=NC(C(=O)c2ccc(C)cc2)CS1)C1CCN(CCCCCCCCC(=O)CCCn2nc3c(c2C)-c2cnc(N)c(c2)N2CCC[C@@H]2c2cc(F)ccc2C(=O)N(C)C3)CC1. The van der Waals surface area contributed by atoms with Gasteiger partial charge in [-0.15, -0.1) is 11.8 Å². The van der Waals surface area contributed by atoms with Crippen LogP contribution in [0.1, 0.15) is 159 Å². The van der Waals surface area contributed by atoms with Gasteiger partial charge in [-0.25, -0.2) is 9.37 Å². The zero-order valence-electron chi connectivity index (χ0n) is 46.6. The number of pyridine rings is 1. The predicted octanol–water partition coefficient (Wildman–Crippen LogP) is 9.57. The second-order valence-electron chi connectivity index (χ2n) is 22.7. The van der Waals surface area contributed by atoms with Gasteiger partial charge in [-0.05, 0) is 141 Å². The smallest absolute Gasteiger partial charge is 0.254 e. The van der Waals surface area contributed by atoms with Crippen molar-refractivity contribution in [2.45, 2.75) is 161 Å². The van der Waals surface area contributed by atoms with E-state index in [9.17, 15) is 28.4 Å². The van der Waals surface area contributed by atoms with Crippen molar-refractivity contribution in [3.8, 4) is 11.1 Å². The number of nitrogens with two attached hydrogens (primary N) is 1. The second-order valence-corrected chi connectivity index (χ2v) is 23.7. The average Bonchev–Trinajstić information content (AvgIpc) is 4.38. The zero-order chi connectivity index (χ0) is 55.0. The number of thioether (sulfide) groups is 1. The number of ketones is 3. The molecule has 3 N–H and O–H groups in total. The Morgan fingerprint density at radius 1 is 0.859 bits per heavy atom. The van der Waals surface area contributed by atoms with Gasteiger partial charge in [0.05, 0.1) is 41.1 Å². The van der Waals surface area contributed by atoms with Crippen molar-refractivity contribution in [2.75, 3.05) is 63.2 Å². The molecule has 0 saturated carbocycles. The number of amides is 2. The lowest BCUT2D eigenvalue weighted by Crippen LogP contribution is -2.48. The summed E-state index contributed by atoms with van der Waals surface area (Å²) in [7, 11) is 3.55. The van der Waals surface area contributed by atoms with Gasteiger partial charge in [0.1, 0.15) is 29.2 Å². The quantitative estimate of drug-likeness (QED) is 0.0563. The van der Waals surface area contributed by atoms with Crippen LogP contribution in [-0.2, 0) is 27.5 Å². The Hall–Kier alpha value is -5.78. The number of fused-ring (bicyclic) bond motifs is 8. The number of anilines is 2. The second kappa shape index (κ2) is 26.0. The summed E-state index contributed by atoms with van der Waals surface area (Å²) >= 11 is 1.61. The first-order chi connectivity index (χ1) is 37.7. The predicted molar refractivity (Wildman–Crippen MR) is 307 cm³/mol. The van der Waals surface area contributed by atoms with Crippen LogP contribution in [0.4, 0.5) is 15.9 Å². The summed E-state index contributed by atoms with van der Waals surface area (Å²) in [5.41, 5.74) is 13.6. The highest BCUT2D eigenvalue weighted by Crippen LogP contribution is 2.43. The number of likely N-dealkylation sites (tertiary alicyclic amines) is 2. The topological polar surface area (TPSA) is 179 Å². The Morgan fingerprint density at radius 3 is 2.35 bits per heavy atom. The minimum atomic E-state index is -0.444. The van der Waals surface area contributed by atoms with Crippen LogP contribution in [0.2, 0.25) is 0 Å². The number of likely N-dealkylation sites (N-methyl/N-ethyl adjacent to an activating group) is 1. The molecule has 7 heterocycles. The number of carbonyl (C=O) groups is 5. The first kappa shape index (κ1) is 56.9. The van der Waals surface area contributed by atoms with Crippen molar-refractivity contribution in [3.05, 3.63) is 94.2 Å². The number of aryl methyl sites for hydroxylation is 2. The molecule has 5 aliphatic rings. The molecule has 1 unspecified atom stereocenters. The minimum Gasteiger partial charge on any atom is -0.382 e.